The molecule has 0 spiro atoms. The van der Waals surface area contributed by atoms with Crippen LogP contribution in [0.1, 0.15) is 46.8 Å². The monoisotopic (exact) mass is 606 g/mol. The maximum absolute atomic E-state index is 14.4. The van der Waals surface area contributed by atoms with Gasteiger partial charge in [0.15, 0.2) is 11.5 Å². The lowest BCUT2D eigenvalue weighted by Crippen LogP contribution is -2.35. The van der Waals surface area contributed by atoms with Crippen molar-refractivity contribution in [2.24, 2.45) is 0 Å². The maximum atomic E-state index is 14.4. The molecule has 1 fully saturated rings. The summed E-state index contributed by atoms with van der Waals surface area (Å²) >= 11 is 0. The third-order valence-electron chi connectivity index (χ3n) is 7.47. The zero-order valence-electron chi connectivity index (χ0n) is 22.5. The molecule has 4 aromatic rings. The molecule has 0 bridgehead atoms. The van der Waals surface area contributed by atoms with Crippen LogP contribution in [0.5, 0.6) is 0 Å². The van der Waals surface area contributed by atoms with Gasteiger partial charge in [-0.15, -0.1) is 0 Å². The first-order chi connectivity index (χ1) is 20.3. The Hall–Kier alpha value is -4.26. The average Bonchev–Trinajstić information content (AvgIpc) is 3.43. The van der Waals surface area contributed by atoms with Gasteiger partial charge in [0.25, 0.3) is 0 Å². The SMILES string of the molecule is O=C(O)c1cnn(-c2cccc(-c3cc(F)ccc3-c3ccc(C4CCN(CCC(F)(F)F)CC4)cc3)n2)c1C(F)(F)F. The Balaban J connectivity index is 1.41. The summed E-state index contributed by atoms with van der Waals surface area (Å²) in [5, 5.41) is 12.8. The molecular weight excluding hydrogens is 581 g/mol. The Morgan fingerprint density at radius 3 is 2.26 bits per heavy atom. The summed E-state index contributed by atoms with van der Waals surface area (Å²) < 4.78 is 93.8. The van der Waals surface area contributed by atoms with Gasteiger partial charge in [0, 0.05) is 12.1 Å². The van der Waals surface area contributed by atoms with Gasteiger partial charge >= 0.3 is 18.3 Å². The first kappa shape index (κ1) is 30.2. The molecule has 1 saturated heterocycles. The molecule has 5 rings (SSSR count). The van der Waals surface area contributed by atoms with Crippen LogP contribution >= 0.6 is 0 Å². The van der Waals surface area contributed by atoms with Crippen molar-refractivity contribution in [1.82, 2.24) is 19.7 Å². The number of piperidine rings is 1. The van der Waals surface area contributed by atoms with Crippen molar-refractivity contribution < 1.29 is 40.6 Å². The van der Waals surface area contributed by atoms with E-state index >= 15 is 0 Å². The number of hydrogen-bond donors (Lipinski definition) is 1. The Kier molecular flexibility index (Phi) is 8.28. The van der Waals surface area contributed by atoms with E-state index in [-0.39, 0.29) is 24.0 Å². The van der Waals surface area contributed by atoms with Gasteiger partial charge in [0.1, 0.15) is 11.4 Å². The molecule has 43 heavy (non-hydrogen) atoms. The van der Waals surface area contributed by atoms with Gasteiger partial charge < -0.3 is 10.0 Å². The van der Waals surface area contributed by atoms with Crippen molar-refractivity contribution >= 4 is 5.97 Å². The number of carboxylic acid groups (broad SMARTS) is 1. The third-order valence-corrected chi connectivity index (χ3v) is 7.47. The predicted octanol–water partition coefficient (Wildman–Crippen LogP) is 7.59. The Morgan fingerprint density at radius 1 is 0.930 bits per heavy atom. The molecule has 0 amide bonds. The summed E-state index contributed by atoms with van der Waals surface area (Å²) in [5.74, 6) is -2.51. The van der Waals surface area contributed by atoms with E-state index in [2.05, 4.69) is 10.1 Å². The minimum absolute atomic E-state index is 0.0175. The van der Waals surface area contributed by atoms with Crippen molar-refractivity contribution in [3.63, 3.8) is 0 Å². The molecule has 13 heteroatoms. The lowest BCUT2D eigenvalue weighted by atomic mass is 9.88. The highest BCUT2D eigenvalue weighted by Crippen LogP contribution is 2.37. The Labute approximate surface area is 241 Å². The molecule has 2 aromatic carbocycles. The quantitative estimate of drug-likeness (QED) is 0.220. The second-order valence-corrected chi connectivity index (χ2v) is 10.3. The first-order valence-electron chi connectivity index (χ1n) is 13.4. The number of pyridine rings is 1. The van der Waals surface area contributed by atoms with Crippen LogP contribution in [0.25, 0.3) is 28.2 Å². The summed E-state index contributed by atoms with van der Waals surface area (Å²) in [4.78, 5) is 17.5. The molecule has 0 atom stereocenters. The number of rotatable bonds is 7. The largest absolute Gasteiger partial charge is 0.478 e. The summed E-state index contributed by atoms with van der Waals surface area (Å²) in [5.41, 5.74) is 0.188. The minimum Gasteiger partial charge on any atom is -0.478 e. The molecular formula is C30H25F7N4O2. The number of aromatic nitrogens is 3. The number of benzene rings is 2. The molecule has 3 heterocycles. The zero-order valence-corrected chi connectivity index (χ0v) is 22.5. The lowest BCUT2D eigenvalue weighted by molar-refractivity contribution is -0.143. The molecule has 6 nitrogen and oxygen atoms in total. The van der Waals surface area contributed by atoms with E-state index in [1.807, 2.05) is 29.2 Å². The molecule has 0 saturated carbocycles. The summed E-state index contributed by atoms with van der Waals surface area (Å²) in [6.45, 7) is 1.11. The van der Waals surface area contributed by atoms with E-state index in [0.29, 0.717) is 53.5 Å². The van der Waals surface area contributed by atoms with E-state index in [1.54, 1.807) is 0 Å². The van der Waals surface area contributed by atoms with Crippen LogP contribution in [0.15, 0.2) is 66.9 Å². The van der Waals surface area contributed by atoms with Crippen molar-refractivity contribution in [2.75, 3.05) is 19.6 Å². The van der Waals surface area contributed by atoms with E-state index in [1.165, 1.54) is 36.4 Å². The highest BCUT2D eigenvalue weighted by molar-refractivity contribution is 5.89. The van der Waals surface area contributed by atoms with E-state index in [0.717, 1.165) is 5.56 Å². The topological polar surface area (TPSA) is 71.2 Å². The summed E-state index contributed by atoms with van der Waals surface area (Å²) in [6.07, 6.45) is -8.02. The number of carbonyl (C=O) groups is 1. The molecule has 2 aromatic heterocycles. The van der Waals surface area contributed by atoms with Crippen molar-refractivity contribution in [3.8, 4) is 28.2 Å². The second kappa shape index (κ2) is 11.8. The van der Waals surface area contributed by atoms with Crippen LogP contribution in [-0.4, -0.2) is 56.6 Å². The van der Waals surface area contributed by atoms with Gasteiger partial charge in [0.2, 0.25) is 0 Å². The molecule has 0 unspecified atom stereocenters. The van der Waals surface area contributed by atoms with E-state index < -0.39 is 41.8 Å². The van der Waals surface area contributed by atoms with E-state index in [9.17, 15) is 40.6 Å². The summed E-state index contributed by atoms with van der Waals surface area (Å²) in [6, 6.07) is 15.6. The number of carboxylic acids is 1. The average molecular weight is 607 g/mol. The fourth-order valence-corrected chi connectivity index (χ4v) is 5.33. The first-order valence-corrected chi connectivity index (χ1v) is 13.4. The van der Waals surface area contributed by atoms with Crippen molar-refractivity contribution in [3.05, 3.63) is 89.5 Å². The van der Waals surface area contributed by atoms with Crippen molar-refractivity contribution in [1.29, 1.82) is 0 Å². The van der Waals surface area contributed by atoms with Crippen LogP contribution in [-0.2, 0) is 6.18 Å². The van der Waals surface area contributed by atoms with Gasteiger partial charge in [-0.3, -0.25) is 0 Å². The second-order valence-electron chi connectivity index (χ2n) is 10.3. The number of aromatic carboxylic acids is 1. The van der Waals surface area contributed by atoms with Crippen LogP contribution in [0, 0.1) is 5.82 Å². The highest BCUT2D eigenvalue weighted by atomic mass is 19.4. The number of hydrogen-bond acceptors (Lipinski definition) is 4. The van der Waals surface area contributed by atoms with Gasteiger partial charge in [-0.2, -0.15) is 31.4 Å². The van der Waals surface area contributed by atoms with Crippen LogP contribution in [0.3, 0.4) is 0 Å². The predicted molar refractivity (Wildman–Crippen MR) is 143 cm³/mol. The molecule has 1 aliphatic rings. The van der Waals surface area contributed by atoms with Crippen LogP contribution < -0.4 is 0 Å². The minimum atomic E-state index is -5.03. The van der Waals surface area contributed by atoms with Crippen LogP contribution in [0.2, 0.25) is 0 Å². The number of likely N-dealkylation sites (tertiary alicyclic amines) is 1. The lowest BCUT2D eigenvalue weighted by Gasteiger charge is -2.32. The van der Waals surface area contributed by atoms with Gasteiger partial charge in [-0.05, 0) is 72.8 Å². The smallest absolute Gasteiger partial charge is 0.434 e. The van der Waals surface area contributed by atoms with Crippen molar-refractivity contribution in [2.45, 2.75) is 37.5 Å². The standard InChI is InChI=1S/C30H25F7N4O2/c31-21-8-9-22(20-6-4-18(5-7-20)19-10-13-40(14-11-19)15-12-29(32,33)34)23(16-21)25-2-1-3-26(39-25)41-27(30(35,36)37)24(17-38-41)28(42)43/h1-9,16-17,19H,10-15H2,(H,42,43). The Bertz CT molecular complexity index is 1610. The third kappa shape index (κ3) is 6.87. The van der Waals surface area contributed by atoms with Gasteiger partial charge in [-0.25, -0.2) is 18.9 Å². The summed E-state index contributed by atoms with van der Waals surface area (Å²) in [7, 11) is 0. The Morgan fingerprint density at radius 2 is 1.63 bits per heavy atom. The zero-order chi connectivity index (χ0) is 30.9. The van der Waals surface area contributed by atoms with Gasteiger partial charge in [0.05, 0.1) is 18.3 Å². The molecule has 1 N–H and O–H groups in total. The van der Waals surface area contributed by atoms with Crippen LogP contribution in [0.4, 0.5) is 30.7 Å². The molecule has 226 valence electrons. The molecule has 1 aliphatic heterocycles. The fourth-order valence-electron chi connectivity index (χ4n) is 5.33. The normalized spacial score (nSPS) is 15.1. The molecule has 0 radical (unpaired) electrons. The van der Waals surface area contributed by atoms with Gasteiger partial charge in [-0.1, -0.05) is 36.4 Å². The molecule has 0 aliphatic carbocycles. The number of alkyl halides is 6. The fraction of sp³-hybridized carbons (Fsp3) is 0.300. The highest BCUT2D eigenvalue weighted by Gasteiger charge is 2.41. The number of halogens is 7. The maximum Gasteiger partial charge on any atom is 0.434 e. The van der Waals surface area contributed by atoms with E-state index in [4.69, 9.17) is 0 Å². The number of nitrogens with zero attached hydrogens (tertiary/aromatic N) is 4.